The van der Waals surface area contributed by atoms with E-state index in [1.54, 1.807) is 6.92 Å². The molecule has 2 nitrogen and oxygen atoms in total. The van der Waals surface area contributed by atoms with Crippen molar-refractivity contribution in [2.45, 2.75) is 53.1 Å². The maximum absolute atomic E-state index is 12.1. The van der Waals surface area contributed by atoms with E-state index in [4.69, 9.17) is 0 Å². The lowest BCUT2D eigenvalue weighted by Gasteiger charge is -2.34. The summed E-state index contributed by atoms with van der Waals surface area (Å²) in [6, 6.07) is 0. The van der Waals surface area contributed by atoms with E-state index in [1.807, 2.05) is 0 Å². The van der Waals surface area contributed by atoms with Gasteiger partial charge < -0.3 is 5.11 Å². The molecule has 0 spiro atoms. The molecule has 0 saturated carbocycles. The van der Waals surface area contributed by atoms with E-state index in [1.165, 1.54) is 0 Å². The Balaban J connectivity index is 2.59. The summed E-state index contributed by atoms with van der Waals surface area (Å²) in [4.78, 5) is 12.1. The fourth-order valence-electron chi connectivity index (χ4n) is 3.01. The van der Waals surface area contributed by atoms with Crippen LogP contribution in [0.2, 0.25) is 0 Å². The summed E-state index contributed by atoms with van der Waals surface area (Å²) in [6.07, 6.45) is 3.25. The lowest BCUT2D eigenvalue weighted by atomic mass is 9.72. The van der Waals surface area contributed by atoms with Crippen LogP contribution in [-0.4, -0.2) is 16.5 Å². The molecule has 0 aromatic heterocycles. The monoisotopic (exact) mass is 234 g/mol. The zero-order valence-electron chi connectivity index (χ0n) is 11.4. The molecule has 17 heavy (non-hydrogen) atoms. The van der Waals surface area contributed by atoms with Gasteiger partial charge in [-0.05, 0) is 35.8 Å². The Bertz CT molecular complexity index is 434. The maximum Gasteiger partial charge on any atom is 0.166 e. The van der Waals surface area contributed by atoms with Crippen LogP contribution < -0.4 is 0 Å². The first-order chi connectivity index (χ1) is 7.64. The number of rotatable bonds is 1. The molecule has 2 aliphatic carbocycles. The summed E-state index contributed by atoms with van der Waals surface area (Å²) in [7, 11) is 0. The van der Waals surface area contributed by atoms with Crippen LogP contribution in [0.1, 0.15) is 47.5 Å². The topological polar surface area (TPSA) is 37.3 Å². The van der Waals surface area contributed by atoms with Gasteiger partial charge in [-0.3, -0.25) is 4.79 Å². The summed E-state index contributed by atoms with van der Waals surface area (Å²) < 4.78 is 0. The second kappa shape index (κ2) is 3.55. The molecule has 0 saturated heterocycles. The Morgan fingerprint density at radius 3 is 2.35 bits per heavy atom. The molecule has 1 atom stereocenters. The smallest absolute Gasteiger partial charge is 0.166 e. The highest BCUT2D eigenvalue weighted by Gasteiger charge is 2.45. The van der Waals surface area contributed by atoms with Crippen molar-refractivity contribution >= 4 is 5.78 Å². The predicted molar refractivity (Wildman–Crippen MR) is 68.6 cm³/mol. The van der Waals surface area contributed by atoms with E-state index in [0.717, 1.165) is 23.1 Å². The zero-order chi connectivity index (χ0) is 13.0. The Hall–Kier alpha value is -0.890. The standard InChI is InChI=1S/C15H22O2/c1-9(2)10-6-14(3,4)7-11-13(10)12(16)8-15(11,5)17/h6,9,17H,7-8H2,1-5H3/t15-/m1/s1. The van der Waals surface area contributed by atoms with Crippen molar-refractivity contribution in [3.63, 3.8) is 0 Å². The average molecular weight is 234 g/mol. The van der Waals surface area contributed by atoms with Crippen molar-refractivity contribution < 1.29 is 9.90 Å². The van der Waals surface area contributed by atoms with Crippen molar-refractivity contribution in [1.29, 1.82) is 0 Å². The van der Waals surface area contributed by atoms with Gasteiger partial charge in [0.15, 0.2) is 5.78 Å². The van der Waals surface area contributed by atoms with Crippen molar-refractivity contribution in [3.8, 4) is 0 Å². The molecule has 2 aliphatic rings. The van der Waals surface area contributed by atoms with Gasteiger partial charge in [-0.1, -0.05) is 33.8 Å². The third-order valence-corrected chi connectivity index (χ3v) is 3.82. The number of carbonyl (C=O) groups excluding carboxylic acids is 1. The molecular formula is C15H22O2. The zero-order valence-corrected chi connectivity index (χ0v) is 11.4. The first kappa shape index (κ1) is 12.6. The normalized spacial score (nSPS) is 31.9. The molecule has 0 aromatic rings. The van der Waals surface area contributed by atoms with Crippen LogP contribution in [0.25, 0.3) is 0 Å². The molecule has 1 N–H and O–H groups in total. The van der Waals surface area contributed by atoms with Gasteiger partial charge in [0, 0.05) is 12.0 Å². The molecule has 0 aliphatic heterocycles. The van der Waals surface area contributed by atoms with Crippen LogP contribution in [0.15, 0.2) is 22.8 Å². The van der Waals surface area contributed by atoms with Crippen LogP contribution in [0, 0.1) is 11.3 Å². The number of hydrogen-bond acceptors (Lipinski definition) is 2. The molecule has 0 amide bonds. The van der Waals surface area contributed by atoms with Gasteiger partial charge in [-0.2, -0.15) is 0 Å². The Kier molecular flexibility index (Phi) is 2.62. The van der Waals surface area contributed by atoms with Gasteiger partial charge in [-0.25, -0.2) is 0 Å². The van der Waals surface area contributed by atoms with E-state index < -0.39 is 5.60 Å². The summed E-state index contributed by atoms with van der Waals surface area (Å²) in [5.74, 6) is 0.442. The van der Waals surface area contributed by atoms with Gasteiger partial charge in [0.2, 0.25) is 0 Å². The minimum absolute atomic E-state index is 0.0348. The van der Waals surface area contributed by atoms with E-state index in [9.17, 15) is 9.90 Å². The SMILES string of the molecule is CC(C)C1=CC(C)(C)CC2=C1C(=O)C[C@@]2(C)O. The van der Waals surface area contributed by atoms with Gasteiger partial charge in [-0.15, -0.1) is 0 Å². The maximum atomic E-state index is 12.1. The lowest BCUT2D eigenvalue weighted by Crippen LogP contribution is -2.28. The van der Waals surface area contributed by atoms with Crippen LogP contribution in [0.3, 0.4) is 0 Å². The van der Waals surface area contributed by atoms with Crippen molar-refractivity contribution in [1.82, 2.24) is 0 Å². The molecule has 94 valence electrons. The number of hydrogen-bond donors (Lipinski definition) is 1. The van der Waals surface area contributed by atoms with Crippen LogP contribution >= 0.6 is 0 Å². The van der Waals surface area contributed by atoms with E-state index in [2.05, 4.69) is 33.8 Å². The number of ketones is 1. The van der Waals surface area contributed by atoms with E-state index in [-0.39, 0.29) is 17.6 Å². The van der Waals surface area contributed by atoms with Crippen LogP contribution in [-0.2, 0) is 4.79 Å². The average Bonchev–Trinajstić information content (AvgIpc) is 2.34. The Morgan fingerprint density at radius 2 is 1.82 bits per heavy atom. The number of aliphatic hydroxyl groups is 1. The van der Waals surface area contributed by atoms with Gasteiger partial charge >= 0.3 is 0 Å². The third-order valence-electron chi connectivity index (χ3n) is 3.82. The highest BCUT2D eigenvalue weighted by atomic mass is 16.3. The second-order valence-electron chi connectivity index (χ2n) is 6.65. The largest absolute Gasteiger partial charge is 0.385 e. The van der Waals surface area contributed by atoms with E-state index in [0.29, 0.717) is 5.92 Å². The van der Waals surface area contributed by atoms with Gasteiger partial charge in [0.05, 0.1) is 5.60 Å². The highest BCUT2D eigenvalue weighted by molar-refractivity contribution is 6.04. The highest BCUT2D eigenvalue weighted by Crippen LogP contribution is 2.48. The number of carbonyl (C=O) groups is 1. The fraction of sp³-hybridized carbons (Fsp3) is 0.667. The van der Waals surface area contributed by atoms with Crippen LogP contribution in [0.5, 0.6) is 0 Å². The summed E-state index contributed by atoms with van der Waals surface area (Å²) in [5.41, 5.74) is 2.01. The number of Topliss-reactive ketones (excluding diaryl/α,β-unsaturated/α-hetero) is 1. The lowest BCUT2D eigenvalue weighted by molar-refractivity contribution is -0.116. The molecule has 2 heteroatoms. The Morgan fingerprint density at radius 1 is 1.24 bits per heavy atom. The molecule has 0 bridgehead atoms. The first-order valence-corrected chi connectivity index (χ1v) is 6.36. The minimum atomic E-state index is -0.932. The van der Waals surface area contributed by atoms with E-state index >= 15 is 0 Å². The summed E-state index contributed by atoms with van der Waals surface area (Å²) >= 11 is 0. The third kappa shape index (κ3) is 1.99. The molecular weight excluding hydrogens is 212 g/mol. The summed E-state index contributed by atoms with van der Waals surface area (Å²) in [5, 5.41) is 10.4. The van der Waals surface area contributed by atoms with Crippen molar-refractivity contribution in [3.05, 3.63) is 22.8 Å². The van der Waals surface area contributed by atoms with Crippen LogP contribution in [0.4, 0.5) is 0 Å². The van der Waals surface area contributed by atoms with Gasteiger partial charge in [0.25, 0.3) is 0 Å². The first-order valence-electron chi connectivity index (χ1n) is 6.36. The molecule has 0 radical (unpaired) electrons. The quantitative estimate of drug-likeness (QED) is 0.757. The second-order valence-corrected chi connectivity index (χ2v) is 6.65. The minimum Gasteiger partial charge on any atom is -0.385 e. The molecule has 0 unspecified atom stereocenters. The Labute approximate surface area is 103 Å². The fourth-order valence-corrected chi connectivity index (χ4v) is 3.01. The van der Waals surface area contributed by atoms with Crippen molar-refractivity contribution in [2.75, 3.05) is 0 Å². The number of allylic oxidation sites excluding steroid dienone is 3. The van der Waals surface area contributed by atoms with Gasteiger partial charge in [0.1, 0.15) is 0 Å². The summed E-state index contributed by atoms with van der Waals surface area (Å²) in [6.45, 7) is 10.3. The molecule has 2 rings (SSSR count). The molecule has 0 heterocycles. The predicted octanol–water partition coefficient (Wildman–Crippen LogP) is 3.02. The van der Waals surface area contributed by atoms with Crippen molar-refractivity contribution in [2.24, 2.45) is 11.3 Å². The molecule has 0 fully saturated rings. The molecule has 0 aromatic carbocycles.